The molecule has 0 N–H and O–H groups in total. The Kier molecular flexibility index (Phi) is 3.92. The van der Waals surface area contributed by atoms with Crippen molar-refractivity contribution in [2.45, 2.75) is 52.1 Å². The molecule has 0 saturated heterocycles. The van der Waals surface area contributed by atoms with Gasteiger partial charge in [0.15, 0.2) is 0 Å². The van der Waals surface area contributed by atoms with Gasteiger partial charge in [-0.25, -0.2) is 0 Å². The van der Waals surface area contributed by atoms with E-state index >= 15 is 0 Å². The Balaban J connectivity index is 2.21. The zero-order valence-corrected chi connectivity index (χ0v) is 7.81. The smallest absolute Gasteiger partial charge is 0.0577 e. The van der Waals surface area contributed by atoms with Gasteiger partial charge in [-0.2, -0.15) is 0 Å². The van der Waals surface area contributed by atoms with Gasteiger partial charge in [0.1, 0.15) is 0 Å². The van der Waals surface area contributed by atoms with Crippen molar-refractivity contribution in [3.8, 4) is 0 Å². The van der Waals surface area contributed by atoms with E-state index in [1.807, 2.05) is 0 Å². The first-order valence-electron chi connectivity index (χ1n) is 4.98. The van der Waals surface area contributed by atoms with Crippen LogP contribution in [0.4, 0.5) is 0 Å². The van der Waals surface area contributed by atoms with E-state index in [0.29, 0.717) is 6.10 Å². The summed E-state index contributed by atoms with van der Waals surface area (Å²) in [5.74, 6) is 0.945. The third kappa shape index (κ3) is 2.82. The quantitative estimate of drug-likeness (QED) is 0.610. The fourth-order valence-electron chi connectivity index (χ4n) is 2.00. The Labute approximate surface area is 70.1 Å². The molecule has 0 bridgehead atoms. The number of hydrogen-bond donors (Lipinski definition) is 0. The first kappa shape index (κ1) is 9.05. The van der Waals surface area contributed by atoms with E-state index in [1.54, 1.807) is 0 Å². The summed E-state index contributed by atoms with van der Waals surface area (Å²) in [5, 5.41) is 0. The van der Waals surface area contributed by atoms with Crippen LogP contribution in [0.1, 0.15) is 46.0 Å². The van der Waals surface area contributed by atoms with Crippen molar-refractivity contribution in [1.82, 2.24) is 0 Å². The van der Waals surface area contributed by atoms with Crippen molar-refractivity contribution < 1.29 is 4.74 Å². The highest BCUT2D eigenvalue weighted by molar-refractivity contribution is 4.72. The van der Waals surface area contributed by atoms with Crippen LogP contribution in [0.2, 0.25) is 0 Å². The lowest BCUT2D eigenvalue weighted by Crippen LogP contribution is -2.22. The molecule has 1 rings (SSSR count). The highest BCUT2D eigenvalue weighted by Gasteiger charge is 2.20. The fraction of sp³-hybridized carbons (Fsp3) is 1.00. The predicted molar refractivity (Wildman–Crippen MR) is 47.7 cm³/mol. The lowest BCUT2D eigenvalue weighted by atomic mass is 9.85. The molecule has 1 aliphatic rings. The van der Waals surface area contributed by atoms with Crippen LogP contribution in [-0.2, 0) is 4.74 Å². The Morgan fingerprint density at radius 1 is 1.27 bits per heavy atom. The molecule has 0 unspecified atom stereocenters. The molecule has 1 aliphatic carbocycles. The molecule has 0 heterocycles. The summed E-state index contributed by atoms with van der Waals surface area (Å²) < 4.78 is 5.61. The second-order valence-electron chi connectivity index (χ2n) is 3.52. The second kappa shape index (κ2) is 4.76. The molecular weight excluding hydrogens is 136 g/mol. The lowest BCUT2D eigenvalue weighted by Gasteiger charge is -2.27. The molecule has 0 amide bonds. The van der Waals surface area contributed by atoms with E-state index in [9.17, 15) is 0 Å². The Morgan fingerprint density at radius 3 is 2.73 bits per heavy atom. The van der Waals surface area contributed by atoms with Crippen molar-refractivity contribution in [2.75, 3.05) is 6.61 Å². The minimum absolute atomic E-state index is 0.582. The molecule has 1 nitrogen and oxygen atoms in total. The van der Waals surface area contributed by atoms with Crippen molar-refractivity contribution >= 4 is 0 Å². The SMILES string of the molecule is CCO[C@H]1CCC[C@@H](CC)C1. The predicted octanol–water partition coefficient (Wildman–Crippen LogP) is 2.99. The summed E-state index contributed by atoms with van der Waals surface area (Å²) >= 11 is 0. The maximum Gasteiger partial charge on any atom is 0.0577 e. The maximum absolute atomic E-state index is 5.61. The summed E-state index contributed by atoms with van der Waals surface area (Å²) in [6.07, 6.45) is 7.33. The topological polar surface area (TPSA) is 9.23 Å². The minimum atomic E-state index is 0.582. The summed E-state index contributed by atoms with van der Waals surface area (Å²) in [6.45, 7) is 5.27. The number of rotatable bonds is 3. The molecule has 2 atom stereocenters. The van der Waals surface area contributed by atoms with Gasteiger partial charge in [-0.05, 0) is 25.7 Å². The van der Waals surface area contributed by atoms with E-state index < -0.39 is 0 Å². The molecule has 11 heavy (non-hydrogen) atoms. The van der Waals surface area contributed by atoms with Crippen LogP contribution in [0.25, 0.3) is 0 Å². The number of hydrogen-bond acceptors (Lipinski definition) is 1. The summed E-state index contributed by atoms with van der Waals surface area (Å²) in [6, 6.07) is 0. The molecule has 0 aromatic heterocycles. The van der Waals surface area contributed by atoms with Crippen LogP contribution in [0, 0.1) is 5.92 Å². The zero-order chi connectivity index (χ0) is 8.10. The van der Waals surface area contributed by atoms with Gasteiger partial charge in [0.2, 0.25) is 0 Å². The van der Waals surface area contributed by atoms with E-state index in [-0.39, 0.29) is 0 Å². The first-order chi connectivity index (χ1) is 5.36. The van der Waals surface area contributed by atoms with E-state index in [2.05, 4.69) is 13.8 Å². The summed E-state index contributed by atoms with van der Waals surface area (Å²) in [7, 11) is 0. The average Bonchev–Trinajstić information content (AvgIpc) is 2.06. The van der Waals surface area contributed by atoms with E-state index in [4.69, 9.17) is 4.74 Å². The number of ether oxygens (including phenoxy) is 1. The molecule has 1 saturated carbocycles. The van der Waals surface area contributed by atoms with Gasteiger partial charge in [-0.1, -0.05) is 26.2 Å². The van der Waals surface area contributed by atoms with Gasteiger partial charge >= 0.3 is 0 Å². The van der Waals surface area contributed by atoms with Crippen LogP contribution >= 0.6 is 0 Å². The van der Waals surface area contributed by atoms with Crippen LogP contribution in [0.5, 0.6) is 0 Å². The third-order valence-electron chi connectivity index (χ3n) is 2.71. The highest BCUT2D eigenvalue weighted by Crippen LogP contribution is 2.28. The fourth-order valence-corrected chi connectivity index (χ4v) is 2.00. The maximum atomic E-state index is 5.61. The van der Waals surface area contributed by atoms with Crippen LogP contribution in [0.15, 0.2) is 0 Å². The minimum Gasteiger partial charge on any atom is -0.378 e. The lowest BCUT2D eigenvalue weighted by molar-refractivity contribution is 0.0199. The van der Waals surface area contributed by atoms with Gasteiger partial charge in [0.25, 0.3) is 0 Å². The highest BCUT2D eigenvalue weighted by atomic mass is 16.5. The molecule has 66 valence electrons. The monoisotopic (exact) mass is 156 g/mol. The first-order valence-corrected chi connectivity index (χ1v) is 4.98. The van der Waals surface area contributed by atoms with Gasteiger partial charge < -0.3 is 4.74 Å². The summed E-state index contributed by atoms with van der Waals surface area (Å²) in [5.41, 5.74) is 0. The average molecular weight is 156 g/mol. The Bertz CT molecular complexity index is 99.0. The van der Waals surface area contributed by atoms with Gasteiger partial charge in [-0.3, -0.25) is 0 Å². The summed E-state index contributed by atoms with van der Waals surface area (Å²) in [4.78, 5) is 0. The third-order valence-corrected chi connectivity index (χ3v) is 2.71. The van der Waals surface area contributed by atoms with Crippen molar-refractivity contribution in [2.24, 2.45) is 5.92 Å². The normalized spacial score (nSPS) is 32.2. The molecule has 0 aliphatic heterocycles. The largest absolute Gasteiger partial charge is 0.378 e. The van der Waals surface area contributed by atoms with Gasteiger partial charge in [0, 0.05) is 6.61 Å². The molecule has 0 aromatic rings. The van der Waals surface area contributed by atoms with Gasteiger partial charge in [-0.15, -0.1) is 0 Å². The van der Waals surface area contributed by atoms with E-state index in [0.717, 1.165) is 12.5 Å². The second-order valence-corrected chi connectivity index (χ2v) is 3.52. The van der Waals surface area contributed by atoms with Crippen LogP contribution in [-0.4, -0.2) is 12.7 Å². The van der Waals surface area contributed by atoms with Crippen LogP contribution in [0.3, 0.4) is 0 Å². The van der Waals surface area contributed by atoms with E-state index in [1.165, 1.54) is 32.1 Å². The molecule has 0 aromatic carbocycles. The standard InChI is InChI=1S/C10H20O/c1-3-9-6-5-7-10(8-9)11-4-2/h9-10H,3-8H2,1-2H3/t9-,10+/m1/s1. The van der Waals surface area contributed by atoms with Crippen molar-refractivity contribution in [3.05, 3.63) is 0 Å². The van der Waals surface area contributed by atoms with Crippen molar-refractivity contribution in [3.63, 3.8) is 0 Å². The zero-order valence-electron chi connectivity index (χ0n) is 7.81. The molecule has 1 heteroatoms. The molecule has 1 fully saturated rings. The molecular formula is C10H20O. The molecule has 0 radical (unpaired) electrons. The molecule has 0 spiro atoms. The van der Waals surface area contributed by atoms with Gasteiger partial charge in [0.05, 0.1) is 6.10 Å². The van der Waals surface area contributed by atoms with Crippen molar-refractivity contribution in [1.29, 1.82) is 0 Å². The van der Waals surface area contributed by atoms with Crippen LogP contribution < -0.4 is 0 Å². The Hall–Kier alpha value is -0.0400. The Morgan fingerprint density at radius 2 is 2.09 bits per heavy atom.